The predicted molar refractivity (Wildman–Crippen MR) is 62.3 cm³/mol. The summed E-state index contributed by atoms with van der Waals surface area (Å²) in [4.78, 5) is 0. The topological polar surface area (TPSA) is 31.6 Å². The molecule has 0 fully saturated rings. The second kappa shape index (κ2) is 7.17. The SMILES string of the molecule is COC(CCSCc1ccc(Cl)o1)OC. The highest BCUT2D eigenvalue weighted by molar-refractivity contribution is 7.98. The van der Waals surface area contributed by atoms with Gasteiger partial charge in [-0.15, -0.1) is 0 Å². The molecule has 86 valence electrons. The minimum absolute atomic E-state index is 0.113. The molecule has 0 aromatic carbocycles. The maximum Gasteiger partial charge on any atom is 0.193 e. The average Bonchev–Trinajstić information content (AvgIpc) is 2.65. The Kier molecular flexibility index (Phi) is 6.17. The largest absolute Gasteiger partial charge is 0.449 e. The Balaban J connectivity index is 2.11. The fourth-order valence-corrected chi connectivity index (χ4v) is 2.14. The van der Waals surface area contributed by atoms with Gasteiger partial charge in [0.25, 0.3) is 0 Å². The molecule has 0 amide bonds. The summed E-state index contributed by atoms with van der Waals surface area (Å²) in [6.45, 7) is 0. The van der Waals surface area contributed by atoms with Gasteiger partial charge < -0.3 is 13.9 Å². The van der Waals surface area contributed by atoms with E-state index in [0.717, 1.165) is 23.7 Å². The number of halogens is 1. The van der Waals surface area contributed by atoms with E-state index in [4.69, 9.17) is 25.5 Å². The molecule has 0 aliphatic rings. The molecule has 0 unspecified atom stereocenters. The number of furan rings is 1. The van der Waals surface area contributed by atoms with E-state index in [1.165, 1.54) is 0 Å². The van der Waals surface area contributed by atoms with Gasteiger partial charge in [0, 0.05) is 20.6 Å². The van der Waals surface area contributed by atoms with Gasteiger partial charge in [-0.1, -0.05) is 0 Å². The maximum atomic E-state index is 5.65. The third-order valence-corrected chi connectivity index (χ3v) is 3.11. The third-order valence-electron chi connectivity index (χ3n) is 1.90. The molecule has 1 heterocycles. The van der Waals surface area contributed by atoms with Crippen LogP contribution in [0.4, 0.5) is 0 Å². The van der Waals surface area contributed by atoms with Gasteiger partial charge in [-0.05, 0) is 29.5 Å². The number of rotatable bonds is 7. The van der Waals surface area contributed by atoms with Crippen LogP contribution in [0.1, 0.15) is 12.2 Å². The van der Waals surface area contributed by atoms with E-state index < -0.39 is 0 Å². The molecule has 15 heavy (non-hydrogen) atoms. The lowest BCUT2D eigenvalue weighted by Gasteiger charge is -2.11. The molecule has 0 spiro atoms. The van der Waals surface area contributed by atoms with Crippen molar-refractivity contribution in [2.24, 2.45) is 0 Å². The van der Waals surface area contributed by atoms with Gasteiger partial charge in [0.1, 0.15) is 5.76 Å². The number of thioether (sulfide) groups is 1. The molecular formula is C10H15ClO3S. The first kappa shape index (κ1) is 12.9. The Morgan fingerprint density at radius 1 is 1.40 bits per heavy atom. The van der Waals surface area contributed by atoms with E-state index in [-0.39, 0.29) is 6.29 Å². The highest BCUT2D eigenvalue weighted by Gasteiger charge is 2.05. The Hall–Kier alpha value is -0.160. The van der Waals surface area contributed by atoms with Gasteiger partial charge in [-0.25, -0.2) is 0 Å². The summed E-state index contributed by atoms with van der Waals surface area (Å²) in [5.74, 6) is 2.69. The highest BCUT2D eigenvalue weighted by atomic mass is 35.5. The number of hydrogen-bond acceptors (Lipinski definition) is 4. The van der Waals surface area contributed by atoms with E-state index in [1.54, 1.807) is 32.0 Å². The molecule has 0 bridgehead atoms. The van der Waals surface area contributed by atoms with Crippen LogP contribution in [-0.2, 0) is 15.2 Å². The molecule has 1 rings (SSSR count). The standard InChI is InChI=1S/C10H15ClO3S/c1-12-10(13-2)5-6-15-7-8-3-4-9(11)14-8/h3-4,10H,5-7H2,1-2H3. The normalized spacial score (nSPS) is 11.2. The Morgan fingerprint density at radius 2 is 2.13 bits per heavy atom. The molecule has 0 atom stereocenters. The molecule has 0 N–H and O–H groups in total. The summed E-state index contributed by atoms with van der Waals surface area (Å²) < 4.78 is 15.4. The molecule has 1 aromatic rings. The number of ether oxygens (including phenoxy) is 2. The minimum Gasteiger partial charge on any atom is -0.449 e. The van der Waals surface area contributed by atoms with E-state index in [0.29, 0.717) is 5.22 Å². The smallest absolute Gasteiger partial charge is 0.193 e. The molecule has 0 aliphatic heterocycles. The highest BCUT2D eigenvalue weighted by Crippen LogP contribution is 2.19. The van der Waals surface area contributed by atoms with E-state index in [1.807, 2.05) is 6.07 Å². The predicted octanol–water partition coefficient (Wildman–Crippen LogP) is 3.18. The van der Waals surface area contributed by atoms with Crippen molar-refractivity contribution in [1.82, 2.24) is 0 Å². The Morgan fingerprint density at radius 3 is 2.67 bits per heavy atom. The first-order valence-electron chi connectivity index (χ1n) is 4.63. The van der Waals surface area contributed by atoms with Crippen LogP contribution in [0.25, 0.3) is 0 Å². The van der Waals surface area contributed by atoms with E-state index in [2.05, 4.69) is 0 Å². The van der Waals surface area contributed by atoms with Crippen molar-refractivity contribution in [1.29, 1.82) is 0 Å². The van der Waals surface area contributed by atoms with Gasteiger partial charge >= 0.3 is 0 Å². The van der Waals surface area contributed by atoms with Crippen molar-refractivity contribution in [3.63, 3.8) is 0 Å². The van der Waals surface area contributed by atoms with Crippen LogP contribution in [-0.4, -0.2) is 26.3 Å². The van der Waals surface area contributed by atoms with Crippen molar-refractivity contribution >= 4 is 23.4 Å². The summed E-state index contributed by atoms with van der Waals surface area (Å²) in [6.07, 6.45) is 0.754. The van der Waals surface area contributed by atoms with Crippen molar-refractivity contribution in [3.8, 4) is 0 Å². The third kappa shape index (κ3) is 4.93. The minimum atomic E-state index is -0.113. The Bertz CT molecular complexity index is 273. The fourth-order valence-electron chi connectivity index (χ4n) is 1.11. The van der Waals surface area contributed by atoms with Gasteiger partial charge in [0.05, 0.1) is 5.75 Å². The van der Waals surface area contributed by atoms with Crippen LogP contribution < -0.4 is 0 Å². The fraction of sp³-hybridized carbons (Fsp3) is 0.600. The molecule has 0 saturated heterocycles. The van der Waals surface area contributed by atoms with Crippen LogP contribution in [0.15, 0.2) is 16.5 Å². The van der Waals surface area contributed by atoms with Gasteiger partial charge in [-0.3, -0.25) is 0 Å². The summed E-state index contributed by atoms with van der Waals surface area (Å²) in [6, 6.07) is 3.64. The molecule has 0 saturated carbocycles. The van der Waals surface area contributed by atoms with E-state index >= 15 is 0 Å². The van der Waals surface area contributed by atoms with Crippen LogP contribution >= 0.6 is 23.4 Å². The Labute approximate surface area is 99.1 Å². The first-order chi connectivity index (χ1) is 7.26. The summed E-state index contributed by atoms with van der Waals surface area (Å²) in [5.41, 5.74) is 0. The van der Waals surface area contributed by atoms with Crippen molar-refractivity contribution < 1.29 is 13.9 Å². The molecule has 5 heteroatoms. The van der Waals surface area contributed by atoms with Crippen LogP contribution in [0, 0.1) is 0 Å². The lowest BCUT2D eigenvalue weighted by Crippen LogP contribution is -2.13. The van der Waals surface area contributed by atoms with Crippen molar-refractivity contribution in [2.45, 2.75) is 18.5 Å². The van der Waals surface area contributed by atoms with Gasteiger partial charge in [-0.2, -0.15) is 11.8 Å². The monoisotopic (exact) mass is 250 g/mol. The van der Waals surface area contributed by atoms with Crippen LogP contribution in [0.2, 0.25) is 5.22 Å². The zero-order valence-corrected chi connectivity index (χ0v) is 10.4. The van der Waals surface area contributed by atoms with Gasteiger partial charge in [0.2, 0.25) is 0 Å². The summed E-state index contributed by atoms with van der Waals surface area (Å²) >= 11 is 7.42. The van der Waals surface area contributed by atoms with Crippen LogP contribution in [0.5, 0.6) is 0 Å². The molecular weight excluding hydrogens is 236 g/mol. The van der Waals surface area contributed by atoms with Crippen LogP contribution in [0.3, 0.4) is 0 Å². The molecule has 1 aromatic heterocycles. The quantitative estimate of drug-likeness (QED) is 0.550. The second-order valence-electron chi connectivity index (χ2n) is 2.95. The zero-order valence-electron chi connectivity index (χ0n) is 8.86. The lowest BCUT2D eigenvalue weighted by atomic mass is 10.5. The number of hydrogen-bond donors (Lipinski definition) is 0. The van der Waals surface area contributed by atoms with E-state index in [9.17, 15) is 0 Å². The lowest BCUT2D eigenvalue weighted by molar-refractivity contribution is -0.102. The molecule has 3 nitrogen and oxygen atoms in total. The van der Waals surface area contributed by atoms with Crippen molar-refractivity contribution in [2.75, 3.05) is 20.0 Å². The summed E-state index contributed by atoms with van der Waals surface area (Å²) in [7, 11) is 3.29. The van der Waals surface area contributed by atoms with Crippen molar-refractivity contribution in [3.05, 3.63) is 23.1 Å². The van der Waals surface area contributed by atoms with Gasteiger partial charge in [0.15, 0.2) is 11.5 Å². The summed E-state index contributed by atoms with van der Waals surface area (Å²) in [5, 5.41) is 0.442. The maximum absolute atomic E-state index is 5.65. The number of methoxy groups -OCH3 is 2. The zero-order chi connectivity index (χ0) is 11.1. The molecule has 0 radical (unpaired) electrons. The first-order valence-corrected chi connectivity index (χ1v) is 6.17. The second-order valence-corrected chi connectivity index (χ2v) is 4.43. The molecule has 0 aliphatic carbocycles. The average molecular weight is 251 g/mol.